The average Bonchev–Trinajstić information content (AvgIpc) is 2.44. The smallest absolute Gasteiger partial charge is 0.223 e. The Balaban J connectivity index is 2.26. The number of halogens is 2. The second-order valence-corrected chi connectivity index (χ2v) is 5.21. The minimum Gasteiger partial charge on any atom is -0.439 e. The van der Waals surface area contributed by atoms with Crippen LogP contribution in [-0.2, 0) is 0 Å². The lowest BCUT2D eigenvalue weighted by molar-refractivity contribution is 0.440. The SMILES string of the molecule is CCNC(C)c1cccnc1Oc1ccc(Br)c(F)c1. The third kappa shape index (κ3) is 3.55. The fourth-order valence-corrected chi connectivity index (χ4v) is 2.13. The second-order valence-electron chi connectivity index (χ2n) is 4.36. The van der Waals surface area contributed by atoms with E-state index in [-0.39, 0.29) is 11.9 Å². The van der Waals surface area contributed by atoms with E-state index in [1.807, 2.05) is 26.0 Å². The van der Waals surface area contributed by atoms with Crippen LogP contribution < -0.4 is 10.1 Å². The normalized spacial score (nSPS) is 12.2. The second kappa shape index (κ2) is 6.81. The molecule has 5 heteroatoms. The monoisotopic (exact) mass is 338 g/mol. The fourth-order valence-electron chi connectivity index (χ4n) is 1.89. The standard InChI is InChI=1S/C15H16BrFN2O/c1-3-18-10(2)12-5-4-8-19-15(12)20-11-6-7-13(16)14(17)9-11/h4-10,18H,3H2,1-2H3. The first kappa shape index (κ1) is 14.9. The zero-order chi connectivity index (χ0) is 14.5. The van der Waals surface area contributed by atoms with Crippen LogP contribution in [0.3, 0.4) is 0 Å². The third-order valence-corrected chi connectivity index (χ3v) is 3.53. The summed E-state index contributed by atoms with van der Waals surface area (Å²) in [5.74, 6) is 0.553. The van der Waals surface area contributed by atoms with Crippen molar-refractivity contribution in [3.05, 3.63) is 52.4 Å². The number of benzene rings is 1. The molecule has 0 radical (unpaired) electrons. The van der Waals surface area contributed by atoms with Gasteiger partial charge in [-0.25, -0.2) is 9.37 Å². The van der Waals surface area contributed by atoms with Gasteiger partial charge in [0, 0.05) is 23.9 Å². The van der Waals surface area contributed by atoms with E-state index in [0.717, 1.165) is 12.1 Å². The van der Waals surface area contributed by atoms with Crippen LogP contribution in [0.2, 0.25) is 0 Å². The molecule has 3 nitrogen and oxygen atoms in total. The molecule has 1 N–H and O–H groups in total. The quantitative estimate of drug-likeness (QED) is 0.874. The van der Waals surface area contributed by atoms with Crippen molar-refractivity contribution >= 4 is 15.9 Å². The highest BCUT2D eigenvalue weighted by atomic mass is 79.9. The first-order chi connectivity index (χ1) is 9.61. The summed E-state index contributed by atoms with van der Waals surface area (Å²) in [6.07, 6.45) is 1.66. The summed E-state index contributed by atoms with van der Waals surface area (Å²) < 4.78 is 19.6. The van der Waals surface area contributed by atoms with Gasteiger partial charge in [-0.15, -0.1) is 0 Å². The summed E-state index contributed by atoms with van der Waals surface area (Å²) in [5.41, 5.74) is 0.942. The highest BCUT2D eigenvalue weighted by Crippen LogP contribution is 2.29. The van der Waals surface area contributed by atoms with Crippen LogP contribution in [0.1, 0.15) is 25.5 Å². The molecular formula is C15H16BrFN2O. The molecule has 0 saturated carbocycles. The molecule has 0 aliphatic heterocycles. The fraction of sp³-hybridized carbons (Fsp3) is 0.267. The number of hydrogen-bond acceptors (Lipinski definition) is 3. The van der Waals surface area contributed by atoms with Gasteiger partial charge in [0.25, 0.3) is 0 Å². The van der Waals surface area contributed by atoms with E-state index in [9.17, 15) is 4.39 Å². The van der Waals surface area contributed by atoms with Gasteiger partial charge in [0.05, 0.1) is 4.47 Å². The Hall–Kier alpha value is -1.46. The van der Waals surface area contributed by atoms with Crippen molar-refractivity contribution in [1.82, 2.24) is 10.3 Å². The number of ether oxygens (including phenoxy) is 1. The Bertz CT molecular complexity index is 592. The highest BCUT2D eigenvalue weighted by Gasteiger charge is 2.13. The van der Waals surface area contributed by atoms with Crippen LogP contribution in [0.25, 0.3) is 0 Å². The maximum Gasteiger partial charge on any atom is 0.223 e. The zero-order valence-corrected chi connectivity index (χ0v) is 12.9. The zero-order valence-electron chi connectivity index (χ0n) is 11.4. The molecule has 1 aromatic heterocycles. The van der Waals surface area contributed by atoms with Gasteiger partial charge < -0.3 is 10.1 Å². The molecule has 0 spiro atoms. The van der Waals surface area contributed by atoms with Gasteiger partial charge in [-0.2, -0.15) is 0 Å². The Morgan fingerprint density at radius 3 is 2.90 bits per heavy atom. The van der Waals surface area contributed by atoms with Crippen LogP contribution in [0.4, 0.5) is 4.39 Å². The Morgan fingerprint density at radius 1 is 1.40 bits per heavy atom. The molecule has 1 atom stereocenters. The summed E-state index contributed by atoms with van der Waals surface area (Å²) in [7, 11) is 0. The molecule has 0 aliphatic carbocycles. The van der Waals surface area contributed by atoms with Crippen molar-refractivity contribution in [2.75, 3.05) is 6.54 Å². The molecule has 1 aromatic carbocycles. The van der Waals surface area contributed by atoms with Crippen molar-refractivity contribution in [3.8, 4) is 11.6 Å². The summed E-state index contributed by atoms with van der Waals surface area (Å²) in [5, 5.41) is 3.31. The van der Waals surface area contributed by atoms with Crippen molar-refractivity contribution in [2.45, 2.75) is 19.9 Å². The number of aromatic nitrogens is 1. The van der Waals surface area contributed by atoms with Gasteiger partial charge in [0.1, 0.15) is 11.6 Å². The van der Waals surface area contributed by atoms with Gasteiger partial charge in [-0.05, 0) is 47.6 Å². The Morgan fingerprint density at radius 2 is 2.20 bits per heavy atom. The number of nitrogens with zero attached hydrogens (tertiary/aromatic N) is 1. The van der Waals surface area contributed by atoms with Crippen LogP contribution in [0.5, 0.6) is 11.6 Å². The lowest BCUT2D eigenvalue weighted by Crippen LogP contribution is -2.18. The van der Waals surface area contributed by atoms with Crippen molar-refractivity contribution < 1.29 is 9.13 Å². The molecule has 1 heterocycles. The van der Waals surface area contributed by atoms with E-state index >= 15 is 0 Å². The van der Waals surface area contributed by atoms with E-state index in [0.29, 0.717) is 16.1 Å². The maximum atomic E-state index is 13.5. The molecule has 0 fully saturated rings. The predicted octanol–water partition coefficient (Wildman–Crippen LogP) is 4.45. The van der Waals surface area contributed by atoms with Crippen LogP contribution >= 0.6 is 15.9 Å². The first-order valence-corrected chi connectivity index (χ1v) is 7.22. The minimum atomic E-state index is -0.361. The number of hydrogen-bond donors (Lipinski definition) is 1. The van der Waals surface area contributed by atoms with Crippen LogP contribution in [0.15, 0.2) is 41.0 Å². The highest BCUT2D eigenvalue weighted by molar-refractivity contribution is 9.10. The van der Waals surface area contributed by atoms with Crippen LogP contribution in [-0.4, -0.2) is 11.5 Å². The van der Waals surface area contributed by atoms with Crippen LogP contribution in [0, 0.1) is 5.82 Å². The lowest BCUT2D eigenvalue weighted by atomic mass is 10.1. The van der Waals surface area contributed by atoms with Crippen molar-refractivity contribution in [1.29, 1.82) is 0 Å². The van der Waals surface area contributed by atoms with Crippen molar-refractivity contribution in [3.63, 3.8) is 0 Å². The van der Waals surface area contributed by atoms with Gasteiger partial charge in [0.2, 0.25) is 5.88 Å². The van der Waals surface area contributed by atoms with Gasteiger partial charge in [-0.1, -0.05) is 13.0 Å². The van der Waals surface area contributed by atoms with Gasteiger partial charge in [0.15, 0.2) is 0 Å². The summed E-state index contributed by atoms with van der Waals surface area (Å²) in [4.78, 5) is 4.23. The molecule has 0 saturated heterocycles. The molecular weight excluding hydrogens is 323 g/mol. The first-order valence-electron chi connectivity index (χ1n) is 6.43. The lowest BCUT2D eigenvalue weighted by Gasteiger charge is -2.16. The van der Waals surface area contributed by atoms with Gasteiger partial charge >= 0.3 is 0 Å². The van der Waals surface area contributed by atoms with Gasteiger partial charge in [-0.3, -0.25) is 0 Å². The molecule has 0 bridgehead atoms. The molecule has 20 heavy (non-hydrogen) atoms. The van der Waals surface area contributed by atoms with E-state index in [1.165, 1.54) is 6.07 Å². The Kier molecular flexibility index (Phi) is 5.09. The summed E-state index contributed by atoms with van der Waals surface area (Å²) in [6.45, 7) is 4.93. The molecule has 2 aromatic rings. The number of pyridine rings is 1. The molecule has 106 valence electrons. The van der Waals surface area contributed by atoms with E-state index < -0.39 is 0 Å². The molecule has 1 unspecified atom stereocenters. The predicted molar refractivity (Wildman–Crippen MR) is 80.5 cm³/mol. The number of rotatable bonds is 5. The summed E-state index contributed by atoms with van der Waals surface area (Å²) >= 11 is 3.12. The average molecular weight is 339 g/mol. The third-order valence-electron chi connectivity index (χ3n) is 2.88. The molecule has 2 rings (SSSR count). The summed E-state index contributed by atoms with van der Waals surface area (Å²) in [6, 6.07) is 8.57. The van der Waals surface area contributed by atoms with Crippen molar-refractivity contribution in [2.24, 2.45) is 0 Å². The topological polar surface area (TPSA) is 34.2 Å². The largest absolute Gasteiger partial charge is 0.439 e. The molecule has 0 amide bonds. The van der Waals surface area contributed by atoms with E-state index in [1.54, 1.807) is 18.3 Å². The maximum absolute atomic E-state index is 13.5. The number of nitrogens with one attached hydrogen (secondary N) is 1. The Labute approximate surface area is 126 Å². The minimum absolute atomic E-state index is 0.115. The molecule has 0 aliphatic rings. The van der Waals surface area contributed by atoms with E-state index in [4.69, 9.17) is 4.74 Å². The van der Waals surface area contributed by atoms with E-state index in [2.05, 4.69) is 26.2 Å².